The van der Waals surface area contributed by atoms with Crippen molar-refractivity contribution in [2.24, 2.45) is 0 Å². The average Bonchev–Trinajstić information content (AvgIpc) is 3.27. The minimum Gasteiger partial charge on any atom is -0.467 e. The molecule has 8 heteroatoms. The van der Waals surface area contributed by atoms with E-state index in [4.69, 9.17) is 16.0 Å². The molecule has 2 aromatic carbocycles. The molecule has 2 aromatic heterocycles. The molecule has 4 rings (SSSR count). The van der Waals surface area contributed by atoms with E-state index in [1.807, 2.05) is 32.0 Å². The second-order valence-corrected chi connectivity index (χ2v) is 8.44. The predicted molar refractivity (Wildman–Crippen MR) is 123 cm³/mol. The standard InChI is InChI=1S/C23H20ClN3O3S/c1-14-5-3-7-20(15(14)2)27-22(29)18-9-8-16(24)11-19(18)26-23(27)31-13-21(28)25-12-17-6-4-10-30-17/h3-11H,12-13H2,1-2H3,(H,25,28). The van der Waals surface area contributed by atoms with Crippen LogP contribution in [0.3, 0.4) is 0 Å². The SMILES string of the molecule is Cc1cccc(-n2c(SCC(=O)NCc3ccco3)nc3cc(Cl)ccc3c2=O)c1C. The average molecular weight is 454 g/mol. The van der Waals surface area contributed by atoms with Crippen molar-refractivity contribution in [1.29, 1.82) is 0 Å². The van der Waals surface area contributed by atoms with E-state index in [1.54, 1.807) is 41.2 Å². The van der Waals surface area contributed by atoms with Crippen LogP contribution in [-0.2, 0) is 11.3 Å². The summed E-state index contributed by atoms with van der Waals surface area (Å²) in [5.74, 6) is 0.586. The molecule has 0 aliphatic rings. The van der Waals surface area contributed by atoms with Gasteiger partial charge in [-0.15, -0.1) is 0 Å². The molecular weight excluding hydrogens is 434 g/mol. The van der Waals surface area contributed by atoms with E-state index in [-0.39, 0.29) is 17.2 Å². The molecular formula is C23H20ClN3O3S. The number of furan rings is 1. The van der Waals surface area contributed by atoms with Gasteiger partial charge in [-0.05, 0) is 61.4 Å². The lowest BCUT2D eigenvalue weighted by Crippen LogP contribution is -2.26. The molecule has 0 saturated heterocycles. The zero-order chi connectivity index (χ0) is 22.0. The van der Waals surface area contributed by atoms with Crippen molar-refractivity contribution in [3.05, 3.63) is 87.1 Å². The summed E-state index contributed by atoms with van der Waals surface area (Å²) in [5, 5.41) is 4.20. The number of aryl methyl sites for hydroxylation is 1. The van der Waals surface area contributed by atoms with Crippen LogP contribution in [0.4, 0.5) is 0 Å². The van der Waals surface area contributed by atoms with E-state index in [0.29, 0.717) is 33.4 Å². The quantitative estimate of drug-likeness (QED) is 0.339. The van der Waals surface area contributed by atoms with Crippen LogP contribution in [-0.4, -0.2) is 21.2 Å². The van der Waals surface area contributed by atoms with Gasteiger partial charge in [0.1, 0.15) is 5.76 Å². The van der Waals surface area contributed by atoms with Gasteiger partial charge in [0.25, 0.3) is 5.56 Å². The number of carbonyl (C=O) groups excluding carboxylic acids is 1. The number of halogens is 1. The van der Waals surface area contributed by atoms with Crippen molar-refractivity contribution >= 4 is 40.2 Å². The van der Waals surface area contributed by atoms with E-state index in [1.165, 1.54) is 11.8 Å². The Hall–Kier alpha value is -3.03. The number of thioether (sulfide) groups is 1. The van der Waals surface area contributed by atoms with Gasteiger partial charge >= 0.3 is 0 Å². The summed E-state index contributed by atoms with van der Waals surface area (Å²) in [4.78, 5) is 30.4. The molecule has 31 heavy (non-hydrogen) atoms. The molecule has 0 radical (unpaired) electrons. The number of benzene rings is 2. The minimum absolute atomic E-state index is 0.101. The summed E-state index contributed by atoms with van der Waals surface area (Å²) in [6.45, 7) is 4.26. The smallest absolute Gasteiger partial charge is 0.266 e. The second-order valence-electron chi connectivity index (χ2n) is 7.06. The predicted octanol–water partition coefficient (Wildman–Crippen LogP) is 4.66. The van der Waals surface area contributed by atoms with Crippen LogP contribution in [0.5, 0.6) is 0 Å². The fourth-order valence-electron chi connectivity index (χ4n) is 3.21. The van der Waals surface area contributed by atoms with Crippen molar-refractivity contribution in [2.75, 3.05) is 5.75 Å². The van der Waals surface area contributed by atoms with Gasteiger partial charge < -0.3 is 9.73 Å². The molecule has 2 heterocycles. The summed E-state index contributed by atoms with van der Waals surface area (Å²) >= 11 is 7.32. The largest absolute Gasteiger partial charge is 0.467 e. The molecule has 0 atom stereocenters. The number of rotatable bonds is 6. The van der Waals surface area contributed by atoms with Crippen molar-refractivity contribution in [3.63, 3.8) is 0 Å². The van der Waals surface area contributed by atoms with Crippen molar-refractivity contribution in [3.8, 4) is 5.69 Å². The Morgan fingerprint density at radius 1 is 1.19 bits per heavy atom. The van der Waals surface area contributed by atoms with Crippen LogP contribution in [0.25, 0.3) is 16.6 Å². The second kappa shape index (κ2) is 8.99. The maximum atomic E-state index is 13.4. The number of amides is 1. The molecule has 1 N–H and O–H groups in total. The number of nitrogens with one attached hydrogen (secondary N) is 1. The molecule has 6 nitrogen and oxygen atoms in total. The van der Waals surface area contributed by atoms with Crippen LogP contribution in [0.1, 0.15) is 16.9 Å². The van der Waals surface area contributed by atoms with Gasteiger partial charge in [0, 0.05) is 5.02 Å². The summed E-state index contributed by atoms with van der Waals surface area (Å²) in [7, 11) is 0. The lowest BCUT2D eigenvalue weighted by Gasteiger charge is -2.16. The summed E-state index contributed by atoms with van der Waals surface area (Å²) in [5.41, 5.74) is 3.08. The number of carbonyl (C=O) groups is 1. The fourth-order valence-corrected chi connectivity index (χ4v) is 4.21. The Morgan fingerprint density at radius 3 is 2.81 bits per heavy atom. The molecule has 0 aliphatic carbocycles. The number of fused-ring (bicyclic) bond motifs is 1. The number of aromatic nitrogens is 2. The van der Waals surface area contributed by atoms with Gasteiger partial charge in [-0.1, -0.05) is 35.5 Å². The molecule has 0 aliphatic heterocycles. The fraction of sp³-hybridized carbons (Fsp3) is 0.174. The Labute approximate surface area is 188 Å². The van der Waals surface area contributed by atoms with Crippen LogP contribution in [0.15, 0.2) is 69.2 Å². The first-order chi connectivity index (χ1) is 14.9. The topological polar surface area (TPSA) is 77.1 Å². The highest BCUT2D eigenvalue weighted by atomic mass is 35.5. The highest BCUT2D eigenvalue weighted by molar-refractivity contribution is 7.99. The molecule has 0 unspecified atom stereocenters. The lowest BCUT2D eigenvalue weighted by atomic mass is 10.1. The van der Waals surface area contributed by atoms with E-state index in [9.17, 15) is 9.59 Å². The van der Waals surface area contributed by atoms with E-state index in [2.05, 4.69) is 10.3 Å². The third-order valence-electron chi connectivity index (χ3n) is 4.99. The normalized spacial score (nSPS) is 11.1. The molecule has 0 spiro atoms. The molecule has 1 amide bonds. The summed E-state index contributed by atoms with van der Waals surface area (Å²) in [6, 6.07) is 14.4. The van der Waals surface area contributed by atoms with Gasteiger partial charge in [-0.3, -0.25) is 14.2 Å². The highest BCUT2D eigenvalue weighted by Crippen LogP contribution is 2.25. The first kappa shape index (κ1) is 21.2. The Bertz CT molecular complexity index is 1320. The van der Waals surface area contributed by atoms with Gasteiger partial charge in [0.2, 0.25) is 5.91 Å². The summed E-state index contributed by atoms with van der Waals surface area (Å²) in [6.07, 6.45) is 1.56. The van der Waals surface area contributed by atoms with E-state index in [0.717, 1.165) is 16.8 Å². The zero-order valence-electron chi connectivity index (χ0n) is 17.0. The zero-order valence-corrected chi connectivity index (χ0v) is 18.6. The van der Waals surface area contributed by atoms with Crippen molar-refractivity contribution in [2.45, 2.75) is 25.5 Å². The Kier molecular flexibility index (Phi) is 6.15. The van der Waals surface area contributed by atoms with Crippen molar-refractivity contribution in [1.82, 2.24) is 14.9 Å². The van der Waals surface area contributed by atoms with Gasteiger partial charge in [0.05, 0.1) is 35.2 Å². The molecule has 0 bridgehead atoms. The van der Waals surface area contributed by atoms with Gasteiger partial charge in [0.15, 0.2) is 5.16 Å². The molecule has 0 saturated carbocycles. The van der Waals surface area contributed by atoms with Crippen LogP contribution in [0.2, 0.25) is 5.02 Å². The third-order valence-corrected chi connectivity index (χ3v) is 6.16. The molecule has 158 valence electrons. The van der Waals surface area contributed by atoms with Crippen LogP contribution in [0, 0.1) is 13.8 Å². The van der Waals surface area contributed by atoms with E-state index >= 15 is 0 Å². The number of hydrogen-bond acceptors (Lipinski definition) is 5. The first-order valence-electron chi connectivity index (χ1n) is 9.65. The Morgan fingerprint density at radius 2 is 2.03 bits per heavy atom. The monoisotopic (exact) mass is 453 g/mol. The number of hydrogen-bond donors (Lipinski definition) is 1. The molecule has 4 aromatic rings. The first-order valence-corrected chi connectivity index (χ1v) is 11.0. The molecule has 0 fully saturated rings. The highest BCUT2D eigenvalue weighted by Gasteiger charge is 2.17. The Balaban J connectivity index is 1.71. The minimum atomic E-state index is -0.200. The number of nitrogens with zero attached hydrogens (tertiary/aromatic N) is 2. The maximum Gasteiger partial charge on any atom is 0.266 e. The van der Waals surface area contributed by atoms with Crippen molar-refractivity contribution < 1.29 is 9.21 Å². The van der Waals surface area contributed by atoms with Crippen LogP contribution >= 0.6 is 23.4 Å². The summed E-state index contributed by atoms with van der Waals surface area (Å²) < 4.78 is 6.80. The third kappa shape index (κ3) is 4.52. The van der Waals surface area contributed by atoms with Crippen LogP contribution < -0.4 is 10.9 Å². The lowest BCUT2D eigenvalue weighted by molar-refractivity contribution is -0.118. The maximum absolute atomic E-state index is 13.4. The van der Waals surface area contributed by atoms with Gasteiger partial charge in [-0.2, -0.15) is 0 Å². The van der Waals surface area contributed by atoms with Gasteiger partial charge in [-0.25, -0.2) is 4.98 Å². The van der Waals surface area contributed by atoms with E-state index < -0.39 is 0 Å².